The van der Waals surface area contributed by atoms with Crippen molar-refractivity contribution < 1.29 is 22.4 Å². The van der Waals surface area contributed by atoms with Gasteiger partial charge in [0.05, 0.1) is 10.0 Å². The summed E-state index contributed by atoms with van der Waals surface area (Å²) in [5, 5.41) is -0.559. The first-order valence-electron chi connectivity index (χ1n) is 7.60. The highest BCUT2D eigenvalue weighted by Gasteiger charge is 2.24. The molecule has 0 atom stereocenters. The normalized spacial score (nSPS) is 17.8. The van der Waals surface area contributed by atoms with E-state index in [0.29, 0.717) is 0 Å². The SMILES string of the molecule is O=C1/C(=C/c2c(F)ccc(Cl)c2F)CSC/C1=C\c1c(F)ccc(Cl)c1F. The lowest BCUT2D eigenvalue weighted by Crippen LogP contribution is -2.16. The second-order valence-corrected chi connectivity index (χ2v) is 7.47. The number of hydrogen-bond donors (Lipinski definition) is 0. The molecule has 0 bridgehead atoms. The molecule has 1 fully saturated rings. The Kier molecular flexibility index (Phi) is 5.99. The number of hydrogen-bond acceptors (Lipinski definition) is 2. The number of halogens is 6. The van der Waals surface area contributed by atoms with Crippen LogP contribution >= 0.6 is 35.0 Å². The predicted octanol–water partition coefficient (Wildman–Crippen LogP) is 6.33. The fourth-order valence-electron chi connectivity index (χ4n) is 2.52. The van der Waals surface area contributed by atoms with Crippen molar-refractivity contribution in [3.8, 4) is 0 Å². The summed E-state index contributed by atoms with van der Waals surface area (Å²) in [6.45, 7) is 0. The van der Waals surface area contributed by atoms with E-state index < -0.39 is 40.2 Å². The molecule has 1 heterocycles. The van der Waals surface area contributed by atoms with Crippen molar-refractivity contribution in [2.45, 2.75) is 0 Å². The van der Waals surface area contributed by atoms with Gasteiger partial charge in [-0.3, -0.25) is 4.79 Å². The molecule has 140 valence electrons. The maximum Gasteiger partial charge on any atom is 0.186 e. The number of thioether (sulfide) groups is 1. The van der Waals surface area contributed by atoms with Gasteiger partial charge in [-0.1, -0.05) is 23.2 Å². The van der Waals surface area contributed by atoms with Crippen LogP contribution in [0.25, 0.3) is 12.2 Å². The van der Waals surface area contributed by atoms with E-state index in [0.717, 1.165) is 36.4 Å². The molecule has 1 aliphatic heterocycles. The molecule has 0 radical (unpaired) electrons. The Hall–Kier alpha value is -1.76. The van der Waals surface area contributed by atoms with Crippen LogP contribution in [-0.4, -0.2) is 17.3 Å². The van der Waals surface area contributed by atoms with Gasteiger partial charge in [-0.2, -0.15) is 11.8 Å². The van der Waals surface area contributed by atoms with E-state index in [1.807, 2.05) is 0 Å². The Labute approximate surface area is 166 Å². The number of carbonyl (C=O) groups excluding carboxylic acids is 1. The quantitative estimate of drug-likeness (QED) is 0.313. The Balaban J connectivity index is 2.03. The van der Waals surface area contributed by atoms with E-state index in [2.05, 4.69) is 0 Å². The topological polar surface area (TPSA) is 17.1 Å². The van der Waals surface area contributed by atoms with Crippen LogP contribution in [0.15, 0.2) is 35.4 Å². The highest BCUT2D eigenvalue weighted by Crippen LogP contribution is 2.31. The van der Waals surface area contributed by atoms with Gasteiger partial charge >= 0.3 is 0 Å². The molecule has 0 unspecified atom stereocenters. The van der Waals surface area contributed by atoms with Gasteiger partial charge in [0.2, 0.25) is 0 Å². The van der Waals surface area contributed by atoms with Gasteiger partial charge < -0.3 is 0 Å². The van der Waals surface area contributed by atoms with Crippen LogP contribution < -0.4 is 0 Å². The van der Waals surface area contributed by atoms with Crippen LogP contribution in [0.1, 0.15) is 11.1 Å². The van der Waals surface area contributed by atoms with Crippen molar-refractivity contribution in [2.24, 2.45) is 0 Å². The van der Waals surface area contributed by atoms with E-state index >= 15 is 0 Å². The van der Waals surface area contributed by atoms with Crippen LogP contribution in [0.4, 0.5) is 17.6 Å². The van der Waals surface area contributed by atoms with Crippen LogP contribution in [0, 0.1) is 23.3 Å². The maximum absolute atomic E-state index is 14.1. The van der Waals surface area contributed by atoms with Crippen LogP contribution in [0.3, 0.4) is 0 Å². The summed E-state index contributed by atoms with van der Waals surface area (Å²) < 4.78 is 56.0. The Bertz CT molecular complexity index is 924. The molecule has 2 aromatic carbocycles. The van der Waals surface area contributed by atoms with Crippen molar-refractivity contribution in [3.05, 3.63) is 79.9 Å². The highest BCUT2D eigenvalue weighted by atomic mass is 35.5. The van der Waals surface area contributed by atoms with E-state index in [4.69, 9.17) is 23.2 Å². The molecule has 1 nitrogen and oxygen atoms in total. The molecule has 8 heteroatoms. The molecule has 1 aliphatic rings. The lowest BCUT2D eigenvalue weighted by Gasteiger charge is -2.17. The van der Waals surface area contributed by atoms with Crippen molar-refractivity contribution >= 4 is 52.9 Å². The summed E-state index contributed by atoms with van der Waals surface area (Å²) >= 11 is 12.6. The second-order valence-electron chi connectivity index (χ2n) is 5.67. The molecule has 0 aliphatic carbocycles. The second kappa shape index (κ2) is 8.09. The minimum atomic E-state index is -0.981. The molecule has 1 saturated heterocycles. The molecule has 0 spiro atoms. The number of carbonyl (C=O) groups is 1. The molecular formula is C19H10Cl2F4OS. The molecule has 0 aromatic heterocycles. The Morgan fingerprint density at radius 2 is 1.19 bits per heavy atom. The average molecular weight is 433 g/mol. The first-order chi connectivity index (χ1) is 12.8. The summed E-state index contributed by atoms with van der Waals surface area (Å²) in [6.07, 6.45) is 2.15. The minimum Gasteiger partial charge on any atom is -0.289 e. The van der Waals surface area contributed by atoms with Crippen LogP contribution in [0.2, 0.25) is 10.0 Å². The minimum absolute atomic E-state index is 0.0976. The van der Waals surface area contributed by atoms with Gasteiger partial charge in [0, 0.05) is 33.8 Å². The summed E-state index contributed by atoms with van der Waals surface area (Å²) in [5.74, 6) is -3.86. The highest BCUT2D eigenvalue weighted by molar-refractivity contribution is 7.99. The van der Waals surface area contributed by atoms with Crippen LogP contribution in [0.5, 0.6) is 0 Å². The standard InChI is InChI=1S/C19H10Cl2F4OS/c20-13-1-3-15(22)11(17(13)24)5-9-7-27-8-10(19(9)26)6-12-16(23)4-2-14(21)18(12)25/h1-6H,7-8H2/b9-5+,10-6+. The third kappa shape index (κ3) is 4.08. The monoisotopic (exact) mass is 432 g/mol. The van der Waals surface area contributed by atoms with Crippen LogP contribution in [-0.2, 0) is 4.79 Å². The zero-order valence-corrected chi connectivity index (χ0v) is 15.8. The lowest BCUT2D eigenvalue weighted by atomic mass is 10.00. The van der Waals surface area contributed by atoms with E-state index in [1.54, 1.807) is 0 Å². The molecule has 27 heavy (non-hydrogen) atoms. The predicted molar refractivity (Wildman–Crippen MR) is 101 cm³/mol. The van der Waals surface area contributed by atoms with Gasteiger partial charge in [-0.25, -0.2) is 17.6 Å². The number of ketones is 1. The number of rotatable bonds is 2. The molecule has 0 saturated carbocycles. The largest absolute Gasteiger partial charge is 0.289 e. The first kappa shape index (κ1) is 20.0. The van der Waals surface area contributed by atoms with Gasteiger partial charge in [-0.15, -0.1) is 0 Å². The van der Waals surface area contributed by atoms with Crippen molar-refractivity contribution in [1.29, 1.82) is 0 Å². The smallest absolute Gasteiger partial charge is 0.186 e. The Morgan fingerprint density at radius 3 is 1.59 bits per heavy atom. The summed E-state index contributed by atoms with van der Waals surface area (Å²) in [4.78, 5) is 12.6. The molecular weight excluding hydrogens is 423 g/mol. The Morgan fingerprint density at radius 1 is 0.778 bits per heavy atom. The third-order valence-electron chi connectivity index (χ3n) is 3.89. The van der Waals surface area contributed by atoms with E-state index in [1.165, 1.54) is 11.8 Å². The van der Waals surface area contributed by atoms with Crippen molar-refractivity contribution in [2.75, 3.05) is 11.5 Å². The summed E-state index contributed by atoms with van der Waals surface area (Å²) in [7, 11) is 0. The van der Waals surface area contributed by atoms with Crippen molar-refractivity contribution in [3.63, 3.8) is 0 Å². The fourth-order valence-corrected chi connectivity index (χ4v) is 3.82. The zero-order valence-electron chi connectivity index (χ0n) is 13.5. The zero-order chi connectivity index (χ0) is 19.7. The van der Waals surface area contributed by atoms with Gasteiger partial charge in [-0.05, 0) is 36.4 Å². The van der Waals surface area contributed by atoms with Gasteiger partial charge in [0.25, 0.3) is 0 Å². The fraction of sp³-hybridized carbons (Fsp3) is 0.105. The summed E-state index contributed by atoms with van der Waals surface area (Å²) in [6, 6.07) is 4.13. The van der Waals surface area contributed by atoms with Gasteiger partial charge in [0.15, 0.2) is 17.4 Å². The number of benzene rings is 2. The summed E-state index contributed by atoms with van der Waals surface area (Å²) in [5.41, 5.74) is -0.679. The van der Waals surface area contributed by atoms with Gasteiger partial charge in [0.1, 0.15) is 11.6 Å². The van der Waals surface area contributed by atoms with E-state index in [-0.39, 0.29) is 32.7 Å². The average Bonchev–Trinajstić information content (AvgIpc) is 2.64. The molecule has 0 N–H and O–H groups in total. The lowest BCUT2D eigenvalue weighted by molar-refractivity contribution is -0.112. The molecule has 3 rings (SSSR count). The van der Waals surface area contributed by atoms with Crippen molar-refractivity contribution in [1.82, 2.24) is 0 Å². The molecule has 2 aromatic rings. The number of Topliss-reactive ketones (excluding diaryl/α,β-unsaturated/α-hetero) is 1. The van der Waals surface area contributed by atoms with E-state index in [9.17, 15) is 22.4 Å². The molecule has 0 amide bonds. The first-order valence-corrected chi connectivity index (χ1v) is 9.51. The third-order valence-corrected chi connectivity index (χ3v) is 5.51. The maximum atomic E-state index is 14.1.